The fourth-order valence-electron chi connectivity index (χ4n) is 8.17. The summed E-state index contributed by atoms with van der Waals surface area (Å²) in [5, 5.41) is 2.21. The minimum atomic E-state index is -0.248. The van der Waals surface area contributed by atoms with Gasteiger partial charge in [-0.25, -0.2) is 19.9 Å². The van der Waals surface area contributed by atoms with Gasteiger partial charge in [0.25, 0.3) is 0 Å². The Labute approximate surface area is 361 Å². The summed E-state index contributed by atoms with van der Waals surface area (Å²) in [6, 6.07) is 58.4. The summed E-state index contributed by atoms with van der Waals surface area (Å²) < 4.78 is 6.43. The first kappa shape index (κ1) is 38.2. The van der Waals surface area contributed by atoms with E-state index in [1.54, 1.807) is 6.08 Å². The molecule has 0 spiro atoms. The summed E-state index contributed by atoms with van der Waals surface area (Å²) in [6.07, 6.45) is 10.9. The zero-order valence-electron chi connectivity index (χ0n) is 34.4. The van der Waals surface area contributed by atoms with Crippen molar-refractivity contribution in [2.24, 2.45) is 0 Å². The van der Waals surface area contributed by atoms with Crippen molar-refractivity contribution in [1.29, 1.82) is 0 Å². The Morgan fingerprint density at radius 3 is 1.66 bits per heavy atom. The lowest BCUT2D eigenvalue weighted by molar-refractivity contribution is 0.558. The van der Waals surface area contributed by atoms with E-state index in [2.05, 4.69) is 141 Å². The van der Waals surface area contributed by atoms with Crippen LogP contribution in [0.5, 0.6) is 0 Å². The second kappa shape index (κ2) is 16.2. The molecule has 1 atom stereocenters. The highest BCUT2D eigenvalue weighted by Gasteiger charge is 2.27. The van der Waals surface area contributed by atoms with Crippen molar-refractivity contribution in [2.45, 2.75) is 18.8 Å². The molecule has 0 saturated carbocycles. The quantitative estimate of drug-likeness (QED) is 0.129. The average Bonchev–Trinajstić information content (AvgIpc) is 3.70. The summed E-state index contributed by atoms with van der Waals surface area (Å²) in [7, 11) is 0. The van der Waals surface area contributed by atoms with Gasteiger partial charge in [0.15, 0.2) is 11.6 Å². The molecule has 3 aromatic heterocycles. The molecule has 6 aromatic carbocycles. The maximum atomic E-state index is 6.43. The Morgan fingerprint density at radius 2 is 1.08 bits per heavy atom. The van der Waals surface area contributed by atoms with Crippen LogP contribution in [0.3, 0.4) is 0 Å². The maximum absolute atomic E-state index is 6.43. The van der Waals surface area contributed by atoms with E-state index >= 15 is 0 Å². The molecule has 296 valence electrons. The van der Waals surface area contributed by atoms with Crippen LogP contribution in [-0.2, 0) is 5.41 Å². The number of benzene rings is 6. The predicted octanol–water partition coefficient (Wildman–Crippen LogP) is 12.7. The maximum Gasteiger partial charge on any atom is 0.160 e. The van der Waals surface area contributed by atoms with E-state index in [0.29, 0.717) is 11.6 Å². The van der Waals surface area contributed by atoms with Crippen LogP contribution >= 0.6 is 0 Å². The largest absolute Gasteiger partial charge is 0.456 e. The molecule has 62 heavy (non-hydrogen) atoms. The number of nitrogens with zero attached hydrogens (tertiary/aromatic N) is 4. The molecule has 5 heteroatoms. The van der Waals surface area contributed by atoms with E-state index in [1.165, 1.54) is 5.56 Å². The van der Waals surface area contributed by atoms with Gasteiger partial charge in [-0.2, -0.15) is 0 Å². The molecule has 1 aliphatic carbocycles. The standard InChI is InChI=1S/C57H42N4O/c1-4-5-15-38(2)49-35-50(40-16-9-6-10-17-40)59-55(58-49)43-24-22-39(23-25-43)45-28-31-53-47(34-45)48-37-57(3,33-32-54(48)62-53)46-29-26-44(27-30-46)56-60-51(41-18-11-7-12-19-41)36-52(61-56)42-20-13-8-14-21-42/h4-32,34-37H,1-2,33H2,3H3/b15-5-. The number of fused-ring (bicyclic) bond motifs is 3. The molecule has 1 unspecified atom stereocenters. The van der Waals surface area contributed by atoms with E-state index in [4.69, 9.17) is 24.4 Å². The lowest BCUT2D eigenvalue weighted by Gasteiger charge is -2.27. The molecule has 0 amide bonds. The third kappa shape index (κ3) is 7.53. The number of rotatable bonds is 10. The van der Waals surface area contributed by atoms with Crippen molar-refractivity contribution in [1.82, 2.24) is 19.9 Å². The molecule has 10 rings (SSSR count). The fraction of sp³-hybridized carbons (Fsp3) is 0.0526. The Kier molecular flexibility index (Phi) is 9.99. The highest BCUT2D eigenvalue weighted by atomic mass is 16.3. The van der Waals surface area contributed by atoms with Gasteiger partial charge in [-0.1, -0.05) is 190 Å². The monoisotopic (exact) mass is 798 g/mol. The van der Waals surface area contributed by atoms with Crippen LogP contribution in [0.2, 0.25) is 0 Å². The zero-order valence-corrected chi connectivity index (χ0v) is 34.4. The molecular formula is C57H42N4O. The fourth-order valence-corrected chi connectivity index (χ4v) is 8.17. The molecule has 9 aromatic rings. The van der Waals surface area contributed by atoms with Gasteiger partial charge in [0.1, 0.15) is 11.0 Å². The van der Waals surface area contributed by atoms with E-state index < -0.39 is 0 Å². The number of furan rings is 1. The van der Waals surface area contributed by atoms with Gasteiger partial charge in [-0.15, -0.1) is 0 Å². The Morgan fingerprint density at radius 1 is 0.565 bits per heavy atom. The summed E-state index contributed by atoms with van der Waals surface area (Å²) >= 11 is 0. The Bertz CT molecular complexity index is 3220. The van der Waals surface area contributed by atoms with Crippen LogP contribution in [0.4, 0.5) is 0 Å². The van der Waals surface area contributed by atoms with Crippen LogP contribution in [0, 0.1) is 0 Å². The smallest absolute Gasteiger partial charge is 0.160 e. The van der Waals surface area contributed by atoms with Crippen molar-refractivity contribution in [3.8, 4) is 67.7 Å². The molecule has 0 bridgehead atoms. The second-order valence-electron chi connectivity index (χ2n) is 15.9. The minimum absolute atomic E-state index is 0.248. The van der Waals surface area contributed by atoms with Crippen molar-refractivity contribution in [3.05, 3.63) is 223 Å². The predicted molar refractivity (Wildman–Crippen MR) is 255 cm³/mol. The number of hydrogen-bond donors (Lipinski definition) is 0. The first-order valence-electron chi connectivity index (χ1n) is 20.8. The van der Waals surface area contributed by atoms with Crippen LogP contribution < -0.4 is 10.6 Å². The summed E-state index contributed by atoms with van der Waals surface area (Å²) in [4.78, 5) is 20.0. The molecule has 0 saturated heterocycles. The van der Waals surface area contributed by atoms with Crippen molar-refractivity contribution in [3.63, 3.8) is 0 Å². The highest BCUT2D eigenvalue weighted by Crippen LogP contribution is 2.35. The number of hydrogen-bond acceptors (Lipinski definition) is 5. The zero-order chi connectivity index (χ0) is 42.0. The first-order chi connectivity index (χ1) is 30.4. The van der Waals surface area contributed by atoms with Crippen LogP contribution in [0.25, 0.3) is 96.4 Å². The lowest BCUT2D eigenvalue weighted by atomic mass is 9.76. The van der Waals surface area contributed by atoms with Gasteiger partial charge in [0.2, 0.25) is 0 Å². The van der Waals surface area contributed by atoms with Crippen molar-refractivity contribution in [2.75, 3.05) is 0 Å². The van der Waals surface area contributed by atoms with E-state index in [9.17, 15) is 0 Å². The molecule has 0 aliphatic heterocycles. The second-order valence-corrected chi connectivity index (χ2v) is 15.9. The van der Waals surface area contributed by atoms with Gasteiger partial charge >= 0.3 is 0 Å². The molecule has 0 fully saturated rings. The van der Waals surface area contributed by atoms with Crippen LogP contribution in [0.15, 0.2) is 206 Å². The van der Waals surface area contributed by atoms with E-state index in [-0.39, 0.29) is 5.41 Å². The molecule has 5 nitrogen and oxygen atoms in total. The van der Waals surface area contributed by atoms with Crippen molar-refractivity contribution < 1.29 is 4.42 Å². The topological polar surface area (TPSA) is 64.7 Å². The summed E-state index contributed by atoms with van der Waals surface area (Å²) in [5.74, 6) is 1.34. The highest BCUT2D eigenvalue weighted by molar-refractivity contribution is 5.86. The first-order valence-corrected chi connectivity index (χ1v) is 20.8. The van der Waals surface area contributed by atoms with Gasteiger partial charge in [0, 0.05) is 43.8 Å². The van der Waals surface area contributed by atoms with E-state index in [0.717, 1.165) is 95.3 Å². The van der Waals surface area contributed by atoms with Crippen LogP contribution in [0.1, 0.15) is 24.6 Å². The van der Waals surface area contributed by atoms with E-state index in [1.807, 2.05) is 72.8 Å². The molecule has 1 aliphatic rings. The normalized spacial score (nSPS) is 14.5. The number of aromatic nitrogens is 4. The van der Waals surface area contributed by atoms with Crippen molar-refractivity contribution >= 4 is 28.7 Å². The minimum Gasteiger partial charge on any atom is -0.456 e. The lowest BCUT2D eigenvalue weighted by Crippen LogP contribution is -2.32. The van der Waals surface area contributed by atoms with Gasteiger partial charge < -0.3 is 4.42 Å². The molecule has 3 heterocycles. The molecule has 0 radical (unpaired) electrons. The Hall–Kier alpha value is -8.02. The summed E-state index contributed by atoms with van der Waals surface area (Å²) in [6.45, 7) is 10.4. The summed E-state index contributed by atoms with van der Waals surface area (Å²) in [5.41, 5.74) is 14.2. The third-order valence-electron chi connectivity index (χ3n) is 11.6. The SMILES string of the molecule is C=C/C=C\C(=C)c1cc(-c2ccccc2)nc(-c2ccc(-c3ccc4oc5c(c4c3)=CC(C)(c3ccc(-c4nc(-c6ccccc6)cc(-c6ccccc6)n4)cc3)CC=5)cc2)n1. The van der Waals surface area contributed by atoms with Gasteiger partial charge in [-0.05, 0) is 59.0 Å². The average molecular weight is 799 g/mol. The number of allylic oxidation sites excluding steroid dienone is 4. The van der Waals surface area contributed by atoms with Crippen LogP contribution in [-0.4, -0.2) is 19.9 Å². The Balaban J connectivity index is 0.961. The van der Waals surface area contributed by atoms with Gasteiger partial charge in [0.05, 0.1) is 22.8 Å². The third-order valence-corrected chi connectivity index (χ3v) is 11.6. The molecule has 0 N–H and O–H groups in total. The molecular weight excluding hydrogens is 757 g/mol. The van der Waals surface area contributed by atoms with Gasteiger partial charge in [-0.3, -0.25) is 0 Å².